The molecule has 0 aliphatic carbocycles. The minimum Gasteiger partial charge on any atom is -0.508 e. The molecule has 1 aromatic rings. The SMILES string of the molecule is O=C(O)CC(Br)C(=O)c1ccc(O)cc1. The van der Waals surface area contributed by atoms with Crippen molar-refractivity contribution in [1.82, 2.24) is 0 Å². The third-order valence-corrected chi connectivity index (χ3v) is 2.53. The number of carbonyl (C=O) groups is 2. The van der Waals surface area contributed by atoms with Crippen LogP contribution >= 0.6 is 15.9 Å². The molecule has 0 spiro atoms. The number of Topliss-reactive ketones (excluding diaryl/α,β-unsaturated/α-hetero) is 1. The fourth-order valence-electron chi connectivity index (χ4n) is 1.05. The summed E-state index contributed by atoms with van der Waals surface area (Å²) in [4.78, 5) is 21.2. The Hall–Kier alpha value is -1.36. The zero-order valence-electron chi connectivity index (χ0n) is 7.68. The number of hydrogen-bond donors (Lipinski definition) is 2. The largest absolute Gasteiger partial charge is 0.508 e. The smallest absolute Gasteiger partial charge is 0.304 e. The van der Waals surface area contributed by atoms with E-state index in [1.165, 1.54) is 24.3 Å². The standard InChI is InChI=1S/C10H9BrO4/c11-8(5-9(13)14)10(15)6-1-3-7(12)4-2-6/h1-4,8,12H,5H2,(H,13,14). The lowest BCUT2D eigenvalue weighted by atomic mass is 10.1. The molecule has 1 unspecified atom stereocenters. The molecule has 1 aromatic carbocycles. The van der Waals surface area contributed by atoms with Gasteiger partial charge >= 0.3 is 5.97 Å². The number of aromatic hydroxyl groups is 1. The van der Waals surface area contributed by atoms with Gasteiger partial charge in [-0.05, 0) is 24.3 Å². The van der Waals surface area contributed by atoms with Crippen molar-refractivity contribution in [3.63, 3.8) is 0 Å². The van der Waals surface area contributed by atoms with Gasteiger partial charge in [0.05, 0.1) is 11.2 Å². The van der Waals surface area contributed by atoms with Gasteiger partial charge in [-0.3, -0.25) is 9.59 Å². The van der Waals surface area contributed by atoms with Crippen molar-refractivity contribution in [1.29, 1.82) is 0 Å². The summed E-state index contributed by atoms with van der Waals surface area (Å²) in [5.74, 6) is -1.28. The Morgan fingerprint density at radius 2 is 1.80 bits per heavy atom. The zero-order valence-corrected chi connectivity index (χ0v) is 9.27. The first-order valence-corrected chi connectivity index (χ1v) is 5.11. The van der Waals surface area contributed by atoms with Crippen LogP contribution in [-0.4, -0.2) is 26.8 Å². The van der Waals surface area contributed by atoms with E-state index < -0.39 is 10.8 Å². The van der Waals surface area contributed by atoms with Gasteiger partial charge < -0.3 is 10.2 Å². The summed E-state index contributed by atoms with van der Waals surface area (Å²) in [6.45, 7) is 0. The fraction of sp³-hybridized carbons (Fsp3) is 0.200. The number of aliphatic carboxylic acids is 1. The van der Waals surface area contributed by atoms with Gasteiger partial charge in [0.15, 0.2) is 5.78 Å². The lowest BCUT2D eigenvalue weighted by molar-refractivity contribution is -0.136. The van der Waals surface area contributed by atoms with Crippen LogP contribution in [0.25, 0.3) is 0 Å². The van der Waals surface area contributed by atoms with Crippen molar-refractivity contribution in [3.05, 3.63) is 29.8 Å². The topological polar surface area (TPSA) is 74.6 Å². The van der Waals surface area contributed by atoms with Gasteiger partial charge in [-0.15, -0.1) is 0 Å². The van der Waals surface area contributed by atoms with Crippen LogP contribution in [-0.2, 0) is 4.79 Å². The maximum atomic E-state index is 11.6. The summed E-state index contributed by atoms with van der Waals surface area (Å²) in [5.41, 5.74) is 0.371. The number of hydrogen-bond acceptors (Lipinski definition) is 3. The monoisotopic (exact) mass is 272 g/mol. The van der Waals surface area contributed by atoms with E-state index in [4.69, 9.17) is 10.2 Å². The van der Waals surface area contributed by atoms with Gasteiger partial charge in [-0.2, -0.15) is 0 Å². The predicted octanol–water partition coefficient (Wildman–Crippen LogP) is 1.81. The van der Waals surface area contributed by atoms with E-state index in [0.717, 1.165) is 0 Å². The number of benzene rings is 1. The summed E-state index contributed by atoms with van der Waals surface area (Å²) in [6.07, 6.45) is -0.264. The van der Waals surface area contributed by atoms with Crippen LogP contribution in [0, 0.1) is 0 Å². The number of carbonyl (C=O) groups excluding carboxylic acids is 1. The van der Waals surface area contributed by atoms with Gasteiger partial charge in [0.2, 0.25) is 0 Å². The van der Waals surface area contributed by atoms with Crippen LogP contribution in [0.2, 0.25) is 0 Å². The van der Waals surface area contributed by atoms with Crippen molar-refractivity contribution in [2.75, 3.05) is 0 Å². The van der Waals surface area contributed by atoms with Crippen LogP contribution in [0.15, 0.2) is 24.3 Å². The highest BCUT2D eigenvalue weighted by molar-refractivity contribution is 9.10. The molecular formula is C10H9BrO4. The van der Waals surface area contributed by atoms with Crippen molar-refractivity contribution in [3.8, 4) is 5.75 Å². The molecule has 1 rings (SSSR count). The Labute approximate surface area is 94.7 Å². The Kier molecular flexibility index (Phi) is 3.85. The number of phenols is 1. The first kappa shape index (κ1) is 11.7. The average molecular weight is 273 g/mol. The first-order valence-electron chi connectivity index (χ1n) is 4.20. The number of phenolic OH excluding ortho intramolecular Hbond substituents is 1. The van der Waals surface area contributed by atoms with E-state index in [2.05, 4.69) is 15.9 Å². The molecule has 2 N–H and O–H groups in total. The van der Waals surface area contributed by atoms with E-state index in [9.17, 15) is 9.59 Å². The quantitative estimate of drug-likeness (QED) is 0.648. The van der Waals surface area contributed by atoms with Crippen molar-refractivity contribution >= 4 is 27.7 Å². The first-order chi connectivity index (χ1) is 7.00. The average Bonchev–Trinajstić information content (AvgIpc) is 2.17. The molecule has 15 heavy (non-hydrogen) atoms. The molecule has 0 aliphatic rings. The van der Waals surface area contributed by atoms with Crippen LogP contribution in [0.3, 0.4) is 0 Å². The number of carboxylic acids is 1. The molecule has 0 heterocycles. The molecule has 0 radical (unpaired) electrons. The van der Waals surface area contributed by atoms with Crippen molar-refractivity contribution in [2.24, 2.45) is 0 Å². The summed E-state index contributed by atoms with van der Waals surface area (Å²) < 4.78 is 0. The maximum absolute atomic E-state index is 11.6. The number of rotatable bonds is 4. The molecular weight excluding hydrogens is 264 g/mol. The van der Waals surface area contributed by atoms with Gasteiger partial charge in [0.25, 0.3) is 0 Å². The Balaban J connectivity index is 2.76. The fourth-order valence-corrected chi connectivity index (χ4v) is 1.59. The second-order valence-corrected chi connectivity index (χ2v) is 4.08. The molecule has 0 saturated carbocycles. The van der Waals surface area contributed by atoms with Gasteiger partial charge in [-0.25, -0.2) is 0 Å². The molecule has 0 amide bonds. The molecule has 0 saturated heterocycles. The van der Waals surface area contributed by atoms with Gasteiger partial charge in [0.1, 0.15) is 5.75 Å². The van der Waals surface area contributed by atoms with Gasteiger partial charge in [0, 0.05) is 5.56 Å². The highest BCUT2D eigenvalue weighted by atomic mass is 79.9. The Bertz CT molecular complexity index is 372. The molecule has 0 fully saturated rings. The highest BCUT2D eigenvalue weighted by Crippen LogP contribution is 2.16. The van der Waals surface area contributed by atoms with E-state index >= 15 is 0 Å². The lowest BCUT2D eigenvalue weighted by Crippen LogP contribution is -2.17. The summed E-state index contributed by atoms with van der Waals surface area (Å²) in [7, 11) is 0. The zero-order chi connectivity index (χ0) is 11.4. The summed E-state index contributed by atoms with van der Waals surface area (Å²) in [6, 6.07) is 5.67. The highest BCUT2D eigenvalue weighted by Gasteiger charge is 2.19. The molecule has 4 nitrogen and oxygen atoms in total. The molecule has 80 valence electrons. The lowest BCUT2D eigenvalue weighted by Gasteiger charge is -2.05. The van der Waals surface area contributed by atoms with Crippen LogP contribution in [0.5, 0.6) is 5.75 Å². The Morgan fingerprint density at radius 1 is 1.27 bits per heavy atom. The third kappa shape index (κ3) is 3.36. The summed E-state index contributed by atoms with van der Waals surface area (Å²) in [5, 5.41) is 17.5. The second kappa shape index (κ2) is 4.93. The molecule has 1 atom stereocenters. The van der Waals surface area contributed by atoms with Crippen LogP contribution in [0.4, 0.5) is 0 Å². The summed E-state index contributed by atoms with van der Waals surface area (Å²) >= 11 is 3.01. The van der Waals surface area contributed by atoms with Crippen molar-refractivity contribution < 1.29 is 19.8 Å². The minimum atomic E-state index is -1.04. The van der Waals surface area contributed by atoms with Crippen LogP contribution in [0.1, 0.15) is 16.8 Å². The number of halogens is 1. The van der Waals surface area contributed by atoms with Gasteiger partial charge in [-0.1, -0.05) is 15.9 Å². The number of ketones is 1. The maximum Gasteiger partial charge on any atom is 0.304 e. The normalized spacial score (nSPS) is 12.1. The number of alkyl halides is 1. The Morgan fingerprint density at radius 3 is 2.27 bits per heavy atom. The van der Waals surface area contributed by atoms with E-state index in [1.54, 1.807) is 0 Å². The number of carboxylic acid groups (broad SMARTS) is 1. The van der Waals surface area contributed by atoms with E-state index in [1.807, 2.05) is 0 Å². The van der Waals surface area contributed by atoms with E-state index in [0.29, 0.717) is 5.56 Å². The molecule has 0 aliphatic heterocycles. The molecule has 0 bridgehead atoms. The third-order valence-electron chi connectivity index (χ3n) is 1.79. The minimum absolute atomic E-state index is 0.0657. The van der Waals surface area contributed by atoms with Crippen molar-refractivity contribution in [2.45, 2.75) is 11.2 Å². The molecule has 5 heteroatoms. The molecule has 0 aromatic heterocycles. The van der Waals surface area contributed by atoms with Crippen LogP contribution < -0.4 is 0 Å². The van der Waals surface area contributed by atoms with E-state index in [-0.39, 0.29) is 18.0 Å². The predicted molar refractivity (Wildman–Crippen MR) is 57.4 cm³/mol. The second-order valence-electron chi connectivity index (χ2n) is 2.98.